The third-order valence-electron chi connectivity index (χ3n) is 8.18. The molecule has 2 heterocycles. The third kappa shape index (κ3) is 5.17. The van der Waals surface area contributed by atoms with E-state index in [1.165, 1.54) is 30.1 Å². The van der Waals surface area contributed by atoms with E-state index in [0.717, 1.165) is 43.3 Å². The summed E-state index contributed by atoms with van der Waals surface area (Å²) in [7, 11) is -1.95. The number of nitrogens with one attached hydrogen (secondary N) is 1. The van der Waals surface area contributed by atoms with Crippen LogP contribution in [0.3, 0.4) is 0 Å². The molecule has 0 radical (unpaired) electrons. The van der Waals surface area contributed by atoms with Gasteiger partial charge < -0.3 is 9.30 Å². The summed E-state index contributed by atoms with van der Waals surface area (Å²) in [5.74, 6) is 2.44. The normalized spacial score (nSPS) is 25.0. The summed E-state index contributed by atoms with van der Waals surface area (Å²) in [5.41, 5.74) is 3.28. The Morgan fingerprint density at radius 1 is 1.16 bits per heavy atom. The van der Waals surface area contributed by atoms with Gasteiger partial charge in [-0.05, 0) is 72.4 Å². The lowest BCUT2D eigenvalue weighted by molar-refractivity contribution is 0.170. The molecule has 3 aliphatic rings. The van der Waals surface area contributed by atoms with Crippen molar-refractivity contribution in [3.8, 4) is 5.75 Å². The van der Waals surface area contributed by atoms with Crippen molar-refractivity contribution in [2.75, 3.05) is 26.2 Å². The first-order valence-electron chi connectivity index (χ1n) is 13.1. The molecule has 1 aliphatic heterocycles. The number of hydrogen-bond donors (Lipinski definition) is 1. The molecule has 7 nitrogen and oxygen atoms in total. The Kier molecular flexibility index (Phi) is 6.54. The number of piperidine rings is 1. The molecule has 2 fully saturated rings. The maximum atomic E-state index is 14.7. The van der Waals surface area contributed by atoms with Gasteiger partial charge in [-0.2, -0.15) is 0 Å². The average Bonchev–Trinajstić information content (AvgIpc) is 3.25. The van der Waals surface area contributed by atoms with Gasteiger partial charge in [0.25, 0.3) is 10.0 Å². The highest BCUT2D eigenvalue weighted by Gasteiger charge is 2.48. The van der Waals surface area contributed by atoms with Crippen LogP contribution < -0.4 is 9.46 Å². The summed E-state index contributed by atoms with van der Waals surface area (Å²) < 4.78 is 49.6. The Morgan fingerprint density at radius 3 is 2.73 bits per heavy atom. The molecule has 2 aromatic carbocycles. The highest BCUT2D eigenvalue weighted by molar-refractivity contribution is 7.89. The van der Waals surface area contributed by atoms with Gasteiger partial charge >= 0.3 is 0 Å². The fourth-order valence-corrected chi connectivity index (χ4v) is 7.17. The van der Waals surface area contributed by atoms with Gasteiger partial charge in [0.15, 0.2) is 5.03 Å². The smallest absolute Gasteiger partial charge is 0.259 e. The van der Waals surface area contributed by atoms with Crippen LogP contribution in [-0.4, -0.2) is 55.2 Å². The zero-order valence-corrected chi connectivity index (χ0v) is 21.8. The number of benzene rings is 2. The zero-order valence-electron chi connectivity index (χ0n) is 21.0. The van der Waals surface area contributed by atoms with Gasteiger partial charge in [-0.1, -0.05) is 24.3 Å². The van der Waals surface area contributed by atoms with E-state index in [0.29, 0.717) is 18.2 Å². The first kappa shape index (κ1) is 24.6. The van der Waals surface area contributed by atoms with Crippen LogP contribution in [-0.2, 0) is 29.9 Å². The molecule has 9 heteroatoms. The quantitative estimate of drug-likeness (QED) is 0.434. The van der Waals surface area contributed by atoms with Crippen LogP contribution in [0.1, 0.15) is 35.4 Å². The molecule has 1 saturated heterocycles. The Labute approximate surface area is 217 Å². The molecule has 4 unspecified atom stereocenters. The fraction of sp³-hybridized carbons (Fsp3) is 0.464. The largest absolute Gasteiger partial charge is 0.492 e. The monoisotopic (exact) mass is 524 g/mol. The second kappa shape index (κ2) is 9.85. The molecule has 0 amide bonds. The van der Waals surface area contributed by atoms with Crippen molar-refractivity contribution < 1.29 is 17.5 Å². The van der Waals surface area contributed by atoms with Crippen LogP contribution in [0.15, 0.2) is 60.0 Å². The Bertz CT molecular complexity index is 1380. The maximum Gasteiger partial charge on any atom is 0.259 e. The van der Waals surface area contributed by atoms with Gasteiger partial charge in [0.2, 0.25) is 0 Å². The maximum absolute atomic E-state index is 14.7. The predicted octanol–water partition coefficient (Wildman–Crippen LogP) is 3.51. The SMILES string of the molecule is Cn1cnc(S(=O)(=O)NCCOc2ccc3c(c2)C(Cc2ccccc2F)C(N2CC4CC4C2)CC3)c1. The Balaban J connectivity index is 1.18. The van der Waals surface area contributed by atoms with E-state index in [-0.39, 0.29) is 29.9 Å². The van der Waals surface area contributed by atoms with Gasteiger partial charge in [-0.3, -0.25) is 4.90 Å². The molecule has 196 valence electrons. The van der Waals surface area contributed by atoms with Crippen LogP contribution in [0.25, 0.3) is 0 Å². The molecule has 4 atom stereocenters. The number of fused-ring (bicyclic) bond motifs is 2. The lowest BCUT2D eigenvalue weighted by Gasteiger charge is -2.40. The van der Waals surface area contributed by atoms with Crippen molar-refractivity contribution in [3.63, 3.8) is 0 Å². The van der Waals surface area contributed by atoms with Gasteiger partial charge in [-0.15, -0.1) is 0 Å². The van der Waals surface area contributed by atoms with Crippen LogP contribution in [0.5, 0.6) is 5.75 Å². The minimum absolute atomic E-state index is 0.00893. The Hall–Kier alpha value is -2.75. The number of aromatic nitrogens is 2. The van der Waals surface area contributed by atoms with Crippen LogP contribution in [0.4, 0.5) is 4.39 Å². The van der Waals surface area contributed by atoms with E-state index in [4.69, 9.17) is 4.74 Å². The van der Waals surface area contributed by atoms with E-state index < -0.39 is 10.0 Å². The van der Waals surface area contributed by atoms with E-state index in [2.05, 4.69) is 26.7 Å². The molecular weight excluding hydrogens is 491 g/mol. The van der Waals surface area contributed by atoms with Crippen LogP contribution in [0, 0.1) is 17.7 Å². The lowest BCUT2D eigenvalue weighted by atomic mass is 9.75. The summed E-state index contributed by atoms with van der Waals surface area (Å²) in [6.45, 7) is 2.64. The molecule has 0 bridgehead atoms. The molecule has 0 spiro atoms. The summed E-state index contributed by atoms with van der Waals surface area (Å²) in [6, 6.07) is 13.7. The number of aryl methyl sites for hydroxylation is 2. The highest BCUT2D eigenvalue weighted by Crippen LogP contribution is 2.49. The molecule has 1 N–H and O–H groups in total. The van der Waals surface area contributed by atoms with E-state index in [9.17, 15) is 12.8 Å². The van der Waals surface area contributed by atoms with Crippen molar-refractivity contribution in [1.82, 2.24) is 19.2 Å². The lowest BCUT2D eigenvalue weighted by Crippen LogP contribution is -2.42. The number of rotatable bonds is 9. The summed E-state index contributed by atoms with van der Waals surface area (Å²) in [5, 5.41) is -0.00893. The fourth-order valence-electron chi connectivity index (χ4n) is 6.18. The van der Waals surface area contributed by atoms with Gasteiger partial charge in [-0.25, -0.2) is 22.5 Å². The van der Waals surface area contributed by atoms with Gasteiger partial charge in [0.1, 0.15) is 18.2 Å². The van der Waals surface area contributed by atoms with E-state index >= 15 is 0 Å². The van der Waals surface area contributed by atoms with E-state index in [1.54, 1.807) is 23.7 Å². The molecule has 37 heavy (non-hydrogen) atoms. The molecule has 1 aromatic heterocycles. The van der Waals surface area contributed by atoms with Crippen molar-refractivity contribution in [2.45, 2.75) is 42.7 Å². The third-order valence-corrected chi connectivity index (χ3v) is 9.53. The minimum Gasteiger partial charge on any atom is -0.492 e. The molecule has 6 rings (SSSR count). The number of hydrogen-bond acceptors (Lipinski definition) is 5. The van der Waals surface area contributed by atoms with Crippen molar-refractivity contribution in [2.24, 2.45) is 18.9 Å². The highest BCUT2D eigenvalue weighted by atomic mass is 32.2. The van der Waals surface area contributed by atoms with Crippen molar-refractivity contribution in [3.05, 3.63) is 77.5 Å². The number of likely N-dealkylation sites (tertiary alicyclic amines) is 1. The number of imidazole rings is 1. The number of halogens is 1. The van der Waals surface area contributed by atoms with Gasteiger partial charge in [0.05, 0.1) is 6.33 Å². The summed E-state index contributed by atoms with van der Waals surface area (Å²) in [6.07, 6.45) is 7.02. The Morgan fingerprint density at radius 2 is 1.97 bits per heavy atom. The second-order valence-electron chi connectivity index (χ2n) is 10.7. The predicted molar refractivity (Wildman–Crippen MR) is 138 cm³/mol. The topological polar surface area (TPSA) is 76.5 Å². The average molecular weight is 525 g/mol. The van der Waals surface area contributed by atoms with Crippen LogP contribution >= 0.6 is 0 Å². The minimum atomic E-state index is -3.68. The van der Waals surface area contributed by atoms with E-state index in [1.807, 2.05) is 18.2 Å². The first-order valence-corrected chi connectivity index (χ1v) is 14.6. The second-order valence-corrected chi connectivity index (χ2v) is 12.4. The number of ether oxygens (including phenoxy) is 1. The summed E-state index contributed by atoms with van der Waals surface area (Å²) in [4.78, 5) is 6.56. The number of nitrogens with zero attached hydrogens (tertiary/aromatic N) is 3. The first-order chi connectivity index (χ1) is 17.9. The molecule has 2 aliphatic carbocycles. The molecular formula is C28H33FN4O3S. The van der Waals surface area contributed by atoms with Crippen LogP contribution in [0.2, 0.25) is 0 Å². The molecule has 1 saturated carbocycles. The standard InChI is InChI=1S/C28H33FN4O3S/c1-32-17-28(30-18-32)37(34,35)31-10-11-36-23-8-6-19-7-9-27(33-15-21-12-22(21)16-33)25(24(19)14-23)13-20-4-2-3-5-26(20)29/h2-6,8,14,17-18,21-22,25,27,31H,7,9-13,15-16H2,1H3. The molecule has 3 aromatic rings. The zero-order chi connectivity index (χ0) is 25.6. The van der Waals surface area contributed by atoms with Gasteiger partial charge in [0, 0.05) is 44.8 Å². The van der Waals surface area contributed by atoms with Crippen molar-refractivity contribution in [1.29, 1.82) is 0 Å². The number of sulfonamides is 1. The summed E-state index contributed by atoms with van der Waals surface area (Å²) >= 11 is 0. The van der Waals surface area contributed by atoms with Crippen molar-refractivity contribution >= 4 is 10.0 Å².